The fourth-order valence-corrected chi connectivity index (χ4v) is 3.49. The Morgan fingerprint density at radius 3 is 2.35 bits per heavy atom. The summed E-state index contributed by atoms with van der Waals surface area (Å²) in [5, 5.41) is 7.32. The van der Waals surface area contributed by atoms with Crippen LogP contribution >= 0.6 is 11.6 Å². The lowest BCUT2D eigenvalue weighted by atomic mass is 9.95. The van der Waals surface area contributed by atoms with E-state index in [9.17, 15) is 0 Å². The van der Waals surface area contributed by atoms with Gasteiger partial charge < -0.3 is 20.1 Å². The van der Waals surface area contributed by atoms with E-state index >= 15 is 0 Å². The molecule has 7 heteroatoms. The van der Waals surface area contributed by atoms with Crippen LogP contribution in [-0.4, -0.2) is 30.2 Å². The number of benzene rings is 1. The third kappa shape index (κ3) is 4.49. The second kappa shape index (κ2) is 8.45. The first kappa shape index (κ1) is 18.6. The minimum absolute atomic E-state index is 0.482. The Kier molecular flexibility index (Phi) is 6.04. The zero-order valence-electron chi connectivity index (χ0n) is 15.4. The molecule has 0 spiro atoms. The zero-order valence-corrected chi connectivity index (χ0v) is 16.2. The van der Waals surface area contributed by atoms with Crippen molar-refractivity contribution in [3.05, 3.63) is 29.0 Å². The molecule has 2 N–H and O–H groups in total. The van der Waals surface area contributed by atoms with Gasteiger partial charge >= 0.3 is 0 Å². The smallest absolute Gasteiger partial charge is 0.144 e. The van der Waals surface area contributed by atoms with Crippen LogP contribution in [0.3, 0.4) is 0 Å². The first-order chi connectivity index (χ1) is 12.6. The molecule has 1 heterocycles. The van der Waals surface area contributed by atoms with Gasteiger partial charge in [-0.1, -0.05) is 30.9 Å². The zero-order chi connectivity index (χ0) is 18.5. The van der Waals surface area contributed by atoms with Crippen LogP contribution in [0.15, 0.2) is 18.2 Å². The Morgan fingerprint density at radius 1 is 0.962 bits per heavy atom. The van der Waals surface area contributed by atoms with Crippen LogP contribution in [0.5, 0.6) is 11.5 Å². The van der Waals surface area contributed by atoms with Crippen molar-refractivity contribution in [1.82, 2.24) is 9.97 Å². The topological polar surface area (TPSA) is 68.3 Å². The summed E-state index contributed by atoms with van der Waals surface area (Å²) in [5.41, 5.74) is 0.732. The maximum atomic E-state index is 6.17. The number of nitrogens with zero attached hydrogens (tertiary/aromatic N) is 2. The lowest BCUT2D eigenvalue weighted by molar-refractivity contribution is 0.405. The number of hydrogen-bond donors (Lipinski definition) is 2. The number of anilines is 3. The monoisotopic (exact) mass is 376 g/mol. The molecule has 2 aromatic rings. The highest BCUT2D eigenvalue weighted by Crippen LogP contribution is 2.37. The maximum Gasteiger partial charge on any atom is 0.144 e. The van der Waals surface area contributed by atoms with Gasteiger partial charge in [0.25, 0.3) is 0 Å². The summed E-state index contributed by atoms with van der Waals surface area (Å²) in [6, 6.07) is 5.92. The Morgan fingerprint density at radius 2 is 1.65 bits per heavy atom. The Labute approximate surface area is 159 Å². The second-order valence-corrected chi connectivity index (χ2v) is 6.88. The predicted octanol–water partition coefficient (Wildman–Crippen LogP) is 4.94. The van der Waals surface area contributed by atoms with Crippen molar-refractivity contribution >= 4 is 28.9 Å². The Hall–Kier alpha value is -2.21. The number of rotatable bonds is 6. The summed E-state index contributed by atoms with van der Waals surface area (Å²) in [6.45, 7) is 1.89. The van der Waals surface area contributed by atoms with E-state index in [0.29, 0.717) is 34.2 Å². The van der Waals surface area contributed by atoms with Gasteiger partial charge in [-0.25, -0.2) is 9.97 Å². The van der Waals surface area contributed by atoms with Crippen LogP contribution in [0, 0.1) is 6.92 Å². The fraction of sp³-hybridized carbons (Fsp3) is 0.474. The molecule has 0 aliphatic heterocycles. The van der Waals surface area contributed by atoms with Crippen LogP contribution in [0.1, 0.15) is 37.9 Å². The van der Waals surface area contributed by atoms with Crippen LogP contribution in [0.4, 0.5) is 17.3 Å². The molecule has 0 amide bonds. The van der Waals surface area contributed by atoms with Crippen LogP contribution in [0.2, 0.25) is 5.02 Å². The van der Waals surface area contributed by atoms with Crippen molar-refractivity contribution in [1.29, 1.82) is 0 Å². The molecule has 1 aromatic carbocycles. The Balaban J connectivity index is 1.83. The molecule has 6 nitrogen and oxygen atoms in total. The molecule has 1 aliphatic carbocycles. The molecule has 1 fully saturated rings. The summed E-state index contributed by atoms with van der Waals surface area (Å²) in [6.07, 6.45) is 6.25. The van der Waals surface area contributed by atoms with E-state index in [2.05, 4.69) is 20.6 Å². The molecule has 0 atom stereocenters. The van der Waals surface area contributed by atoms with Crippen molar-refractivity contribution in [3.8, 4) is 11.5 Å². The molecule has 0 saturated heterocycles. The van der Waals surface area contributed by atoms with Crippen molar-refractivity contribution in [2.75, 3.05) is 24.9 Å². The first-order valence-electron chi connectivity index (χ1n) is 8.90. The summed E-state index contributed by atoms with van der Waals surface area (Å²) < 4.78 is 10.7. The van der Waals surface area contributed by atoms with Crippen molar-refractivity contribution in [2.45, 2.75) is 45.1 Å². The van der Waals surface area contributed by atoms with E-state index in [1.807, 2.05) is 13.0 Å². The molecule has 0 bridgehead atoms. The predicted molar refractivity (Wildman–Crippen MR) is 105 cm³/mol. The molecule has 3 rings (SSSR count). The number of ether oxygens (including phenoxy) is 2. The van der Waals surface area contributed by atoms with Gasteiger partial charge in [0, 0.05) is 24.2 Å². The quantitative estimate of drug-likeness (QED) is 0.743. The third-order valence-corrected chi connectivity index (χ3v) is 4.83. The highest BCUT2D eigenvalue weighted by Gasteiger charge is 2.15. The summed E-state index contributed by atoms with van der Waals surface area (Å²) >= 11 is 6.17. The molecule has 0 unspecified atom stereocenters. The molecule has 140 valence electrons. The fourth-order valence-electron chi connectivity index (χ4n) is 3.26. The highest BCUT2D eigenvalue weighted by molar-refractivity contribution is 6.32. The highest BCUT2D eigenvalue weighted by atomic mass is 35.5. The van der Waals surface area contributed by atoms with Gasteiger partial charge in [0.1, 0.15) is 29.0 Å². The third-order valence-electron chi connectivity index (χ3n) is 4.53. The van der Waals surface area contributed by atoms with Gasteiger partial charge in [-0.2, -0.15) is 0 Å². The van der Waals surface area contributed by atoms with E-state index in [4.69, 9.17) is 21.1 Å². The van der Waals surface area contributed by atoms with Crippen LogP contribution in [0.25, 0.3) is 0 Å². The van der Waals surface area contributed by atoms with E-state index in [0.717, 1.165) is 11.5 Å². The van der Waals surface area contributed by atoms with Gasteiger partial charge in [0.05, 0.1) is 24.9 Å². The molecule has 1 saturated carbocycles. The summed E-state index contributed by atoms with van der Waals surface area (Å²) in [5.74, 6) is 3.42. The average Bonchev–Trinajstić information content (AvgIpc) is 2.63. The van der Waals surface area contributed by atoms with Crippen molar-refractivity contribution in [3.63, 3.8) is 0 Å². The SMILES string of the molecule is COc1cc(Nc2cc(NC3CCCCC3)nc(C)n2)c(OC)cc1Cl. The number of hydrogen-bond acceptors (Lipinski definition) is 6. The molecule has 1 aromatic heterocycles. The standard InChI is InChI=1S/C19H25ClN4O2/c1-12-21-18(23-13-7-5-4-6-8-13)11-19(22-12)24-15-10-16(25-2)14(20)9-17(15)26-3/h9-11,13H,4-8H2,1-3H3,(H2,21,22,23,24). The molecular weight excluding hydrogens is 352 g/mol. The minimum Gasteiger partial charge on any atom is -0.495 e. The normalized spacial score (nSPS) is 14.8. The lowest BCUT2D eigenvalue weighted by Crippen LogP contribution is -2.23. The minimum atomic E-state index is 0.482. The van der Waals surface area contributed by atoms with E-state index in [-0.39, 0.29) is 0 Å². The van der Waals surface area contributed by atoms with Gasteiger partial charge in [-0.15, -0.1) is 0 Å². The number of aryl methyl sites for hydroxylation is 1. The van der Waals surface area contributed by atoms with E-state index in [1.54, 1.807) is 26.4 Å². The van der Waals surface area contributed by atoms with Gasteiger partial charge in [-0.05, 0) is 19.8 Å². The number of aromatic nitrogens is 2. The maximum absolute atomic E-state index is 6.17. The van der Waals surface area contributed by atoms with Gasteiger partial charge in [0.2, 0.25) is 0 Å². The molecule has 0 radical (unpaired) electrons. The molecule has 26 heavy (non-hydrogen) atoms. The number of halogens is 1. The largest absolute Gasteiger partial charge is 0.495 e. The molecular formula is C19H25ClN4O2. The average molecular weight is 377 g/mol. The Bertz CT molecular complexity index is 763. The van der Waals surface area contributed by atoms with Gasteiger partial charge in [0.15, 0.2) is 0 Å². The first-order valence-corrected chi connectivity index (χ1v) is 9.27. The summed E-state index contributed by atoms with van der Waals surface area (Å²) in [7, 11) is 3.18. The number of nitrogens with one attached hydrogen (secondary N) is 2. The summed E-state index contributed by atoms with van der Waals surface area (Å²) in [4.78, 5) is 9.00. The van der Waals surface area contributed by atoms with Crippen molar-refractivity contribution < 1.29 is 9.47 Å². The van der Waals surface area contributed by atoms with Crippen molar-refractivity contribution in [2.24, 2.45) is 0 Å². The van der Waals surface area contributed by atoms with Crippen LogP contribution in [-0.2, 0) is 0 Å². The lowest BCUT2D eigenvalue weighted by Gasteiger charge is -2.23. The van der Waals surface area contributed by atoms with Crippen LogP contribution < -0.4 is 20.1 Å². The van der Waals surface area contributed by atoms with E-state index < -0.39 is 0 Å². The number of methoxy groups -OCH3 is 2. The second-order valence-electron chi connectivity index (χ2n) is 6.48. The van der Waals surface area contributed by atoms with E-state index in [1.165, 1.54) is 32.1 Å². The molecule has 1 aliphatic rings. The van der Waals surface area contributed by atoms with Gasteiger partial charge in [-0.3, -0.25) is 0 Å².